The van der Waals surface area contributed by atoms with E-state index in [9.17, 15) is 17.2 Å². The predicted molar refractivity (Wildman–Crippen MR) is 77.5 cm³/mol. The molecule has 0 amide bonds. The van der Waals surface area contributed by atoms with Gasteiger partial charge in [0.25, 0.3) is 10.0 Å². The highest BCUT2D eigenvalue weighted by Crippen LogP contribution is 2.27. The van der Waals surface area contributed by atoms with E-state index in [-0.39, 0.29) is 5.69 Å². The molecule has 0 heterocycles. The molecule has 0 fully saturated rings. The van der Waals surface area contributed by atoms with Crippen LogP contribution >= 0.6 is 0 Å². The molecular weight excluding hydrogens is 298 g/mol. The van der Waals surface area contributed by atoms with Gasteiger partial charge in [0.1, 0.15) is 11.6 Å². The second-order valence-corrected chi connectivity index (χ2v) is 6.36. The third-order valence-corrected chi connectivity index (χ3v) is 4.47. The molecule has 0 aliphatic carbocycles. The molecule has 112 valence electrons. The average Bonchev–Trinajstić information content (AvgIpc) is 2.38. The van der Waals surface area contributed by atoms with Gasteiger partial charge in [0.05, 0.1) is 10.6 Å². The number of aryl methyl sites for hydroxylation is 1. The first-order valence-electron chi connectivity index (χ1n) is 6.05. The van der Waals surface area contributed by atoms with Gasteiger partial charge >= 0.3 is 0 Å². The van der Waals surface area contributed by atoms with Crippen LogP contribution in [-0.2, 0) is 10.0 Å². The van der Waals surface area contributed by atoms with Crippen molar-refractivity contribution in [3.63, 3.8) is 0 Å². The maximum atomic E-state index is 13.1. The Morgan fingerprint density at radius 3 is 2.19 bits per heavy atom. The Morgan fingerprint density at radius 1 is 1.05 bits per heavy atom. The third kappa shape index (κ3) is 3.13. The number of hydrogen-bond acceptors (Lipinski definition) is 3. The Morgan fingerprint density at radius 2 is 1.62 bits per heavy atom. The fraction of sp³-hybridized carbons (Fsp3) is 0.143. The number of hydrogen-bond donors (Lipinski definition) is 2. The molecule has 0 saturated heterocycles. The molecule has 0 saturated carbocycles. The largest absolute Gasteiger partial charge is 0.398 e. The first-order chi connectivity index (χ1) is 9.70. The van der Waals surface area contributed by atoms with Crippen molar-refractivity contribution in [1.82, 2.24) is 0 Å². The molecule has 0 bridgehead atoms. The van der Waals surface area contributed by atoms with E-state index in [2.05, 4.69) is 4.72 Å². The normalized spacial score (nSPS) is 11.4. The monoisotopic (exact) mass is 312 g/mol. The van der Waals surface area contributed by atoms with Gasteiger partial charge in [-0.2, -0.15) is 0 Å². The summed E-state index contributed by atoms with van der Waals surface area (Å²) >= 11 is 0. The molecule has 0 aliphatic heterocycles. The van der Waals surface area contributed by atoms with Crippen molar-refractivity contribution in [2.75, 3.05) is 10.5 Å². The van der Waals surface area contributed by atoms with Crippen LogP contribution in [0.2, 0.25) is 0 Å². The zero-order valence-corrected chi connectivity index (χ0v) is 12.3. The summed E-state index contributed by atoms with van der Waals surface area (Å²) in [5.41, 5.74) is 7.92. The number of benzene rings is 2. The second kappa shape index (κ2) is 5.33. The summed E-state index contributed by atoms with van der Waals surface area (Å²) < 4.78 is 52.9. The molecule has 0 radical (unpaired) electrons. The number of halogens is 2. The lowest BCUT2D eigenvalue weighted by Crippen LogP contribution is -2.15. The molecule has 2 rings (SSSR count). The summed E-state index contributed by atoms with van der Waals surface area (Å²) in [6.07, 6.45) is 0. The summed E-state index contributed by atoms with van der Waals surface area (Å²) in [6, 6.07) is 5.31. The molecule has 0 atom stereocenters. The molecule has 0 aliphatic rings. The van der Waals surface area contributed by atoms with Crippen LogP contribution in [0.25, 0.3) is 0 Å². The van der Waals surface area contributed by atoms with E-state index in [1.807, 2.05) is 0 Å². The summed E-state index contributed by atoms with van der Waals surface area (Å²) in [6.45, 7) is 3.45. The Labute approximate surface area is 121 Å². The minimum Gasteiger partial charge on any atom is -0.398 e. The van der Waals surface area contributed by atoms with Gasteiger partial charge in [-0.15, -0.1) is 0 Å². The van der Waals surface area contributed by atoms with Crippen molar-refractivity contribution in [1.29, 1.82) is 0 Å². The zero-order chi connectivity index (χ0) is 15.8. The highest BCUT2D eigenvalue weighted by molar-refractivity contribution is 7.92. The van der Waals surface area contributed by atoms with Crippen molar-refractivity contribution in [2.24, 2.45) is 0 Å². The molecular formula is C14H14F2N2O2S. The maximum absolute atomic E-state index is 13.1. The van der Waals surface area contributed by atoms with Crippen LogP contribution in [0.1, 0.15) is 11.1 Å². The van der Waals surface area contributed by atoms with E-state index in [0.29, 0.717) is 17.3 Å². The van der Waals surface area contributed by atoms with Gasteiger partial charge in [0.2, 0.25) is 0 Å². The SMILES string of the molecule is Cc1ccc(NS(=O)(=O)c2cc(F)cc(F)c2)c(C)c1N. The fourth-order valence-corrected chi connectivity index (χ4v) is 3.03. The third-order valence-electron chi connectivity index (χ3n) is 3.12. The number of nitrogens with one attached hydrogen (secondary N) is 1. The molecule has 2 aromatic rings. The second-order valence-electron chi connectivity index (χ2n) is 4.68. The quantitative estimate of drug-likeness (QED) is 0.856. The molecule has 21 heavy (non-hydrogen) atoms. The summed E-state index contributed by atoms with van der Waals surface area (Å²) in [4.78, 5) is -0.487. The van der Waals surface area contributed by atoms with E-state index in [1.54, 1.807) is 26.0 Å². The van der Waals surface area contributed by atoms with E-state index < -0.39 is 26.6 Å². The van der Waals surface area contributed by atoms with E-state index in [1.165, 1.54) is 0 Å². The molecule has 3 N–H and O–H groups in total. The summed E-state index contributed by atoms with van der Waals surface area (Å²) in [5, 5.41) is 0. The molecule has 0 aromatic heterocycles. The minimum absolute atomic E-state index is 0.266. The Bertz CT molecular complexity index is 785. The van der Waals surface area contributed by atoms with Gasteiger partial charge in [0, 0.05) is 11.8 Å². The van der Waals surface area contributed by atoms with Crippen molar-refractivity contribution in [3.05, 3.63) is 53.1 Å². The van der Waals surface area contributed by atoms with Gasteiger partial charge in [-0.05, 0) is 43.2 Å². The van der Waals surface area contributed by atoms with Crippen LogP contribution in [0.4, 0.5) is 20.2 Å². The highest BCUT2D eigenvalue weighted by atomic mass is 32.2. The van der Waals surface area contributed by atoms with Crippen molar-refractivity contribution in [3.8, 4) is 0 Å². The lowest BCUT2D eigenvalue weighted by Gasteiger charge is -2.13. The van der Waals surface area contributed by atoms with Crippen LogP contribution in [0, 0.1) is 25.5 Å². The number of rotatable bonds is 3. The number of anilines is 2. The van der Waals surface area contributed by atoms with Crippen LogP contribution < -0.4 is 10.5 Å². The minimum atomic E-state index is -4.10. The van der Waals surface area contributed by atoms with Crippen LogP contribution in [0.5, 0.6) is 0 Å². The first-order valence-corrected chi connectivity index (χ1v) is 7.53. The standard InChI is InChI=1S/C14H14F2N2O2S/c1-8-3-4-13(9(2)14(8)17)18-21(19,20)12-6-10(15)5-11(16)7-12/h3-7,18H,17H2,1-2H3. The van der Waals surface area contributed by atoms with Crippen molar-refractivity contribution in [2.45, 2.75) is 18.7 Å². The van der Waals surface area contributed by atoms with Gasteiger partial charge in [-0.25, -0.2) is 17.2 Å². The van der Waals surface area contributed by atoms with Crippen molar-refractivity contribution >= 4 is 21.4 Å². The predicted octanol–water partition coefficient (Wildman–Crippen LogP) is 2.96. The fourth-order valence-electron chi connectivity index (χ4n) is 1.86. The molecule has 0 unspecified atom stereocenters. The van der Waals surface area contributed by atoms with Crippen LogP contribution in [0.3, 0.4) is 0 Å². The van der Waals surface area contributed by atoms with Crippen molar-refractivity contribution < 1.29 is 17.2 Å². The number of nitrogens with two attached hydrogens (primary N) is 1. The molecule has 4 nitrogen and oxygen atoms in total. The summed E-state index contributed by atoms with van der Waals surface area (Å²) in [5.74, 6) is -1.92. The molecule has 2 aromatic carbocycles. The number of nitrogen functional groups attached to an aromatic ring is 1. The van der Waals surface area contributed by atoms with Gasteiger partial charge in [-0.1, -0.05) is 6.07 Å². The Kier molecular flexibility index (Phi) is 3.87. The number of sulfonamides is 1. The van der Waals surface area contributed by atoms with E-state index in [4.69, 9.17) is 5.73 Å². The van der Waals surface area contributed by atoms with Gasteiger partial charge < -0.3 is 5.73 Å². The van der Waals surface area contributed by atoms with E-state index >= 15 is 0 Å². The smallest absolute Gasteiger partial charge is 0.262 e. The lowest BCUT2D eigenvalue weighted by atomic mass is 10.1. The topological polar surface area (TPSA) is 72.2 Å². The Hall–Kier alpha value is -2.15. The van der Waals surface area contributed by atoms with Crippen LogP contribution in [0.15, 0.2) is 35.2 Å². The Balaban J connectivity index is 2.45. The lowest BCUT2D eigenvalue weighted by molar-refractivity contribution is 0.568. The molecule has 7 heteroatoms. The first kappa shape index (κ1) is 15.2. The maximum Gasteiger partial charge on any atom is 0.262 e. The summed E-state index contributed by atoms with van der Waals surface area (Å²) in [7, 11) is -4.10. The average molecular weight is 312 g/mol. The van der Waals surface area contributed by atoms with Gasteiger partial charge in [0.15, 0.2) is 0 Å². The zero-order valence-electron chi connectivity index (χ0n) is 11.4. The van der Waals surface area contributed by atoms with E-state index in [0.717, 1.165) is 17.7 Å². The molecule has 0 spiro atoms. The van der Waals surface area contributed by atoms with Crippen LogP contribution in [-0.4, -0.2) is 8.42 Å². The highest BCUT2D eigenvalue weighted by Gasteiger charge is 2.18. The van der Waals surface area contributed by atoms with Gasteiger partial charge in [-0.3, -0.25) is 4.72 Å².